The van der Waals surface area contributed by atoms with Crippen LogP contribution in [0.15, 0.2) is 18.2 Å². The largest absolute Gasteiger partial charge is 0.486 e. The Bertz CT molecular complexity index is 918. The normalized spacial score (nSPS) is 22.9. The number of amides is 4. The molecule has 1 spiro atoms. The maximum atomic E-state index is 12.8. The topological polar surface area (TPSA) is 97.0 Å². The lowest BCUT2D eigenvalue weighted by Crippen LogP contribution is -2.44. The first-order valence-corrected chi connectivity index (χ1v) is 11.8. The molecule has 1 saturated heterocycles. The molecule has 8 heteroatoms. The van der Waals surface area contributed by atoms with Crippen LogP contribution >= 0.6 is 0 Å². The summed E-state index contributed by atoms with van der Waals surface area (Å²) in [6.07, 6.45) is 7.64. The fraction of sp³-hybridized carbons (Fsp3) is 0.625. The van der Waals surface area contributed by atoms with Crippen LogP contribution in [-0.4, -0.2) is 54.6 Å². The average Bonchev–Trinajstić information content (AvgIpc) is 3.53. The molecule has 4 amide bonds. The smallest absolute Gasteiger partial charge is 0.325 e. The molecule has 0 bridgehead atoms. The summed E-state index contributed by atoms with van der Waals surface area (Å²) in [5.41, 5.74) is 0.316. The molecular formula is C24H31N3O5. The molecule has 2 aliphatic carbocycles. The fourth-order valence-corrected chi connectivity index (χ4v) is 5.76. The van der Waals surface area contributed by atoms with Crippen LogP contribution in [0.1, 0.15) is 63.4 Å². The zero-order valence-electron chi connectivity index (χ0n) is 18.4. The summed E-state index contributed by atoms with van der Waals surface area (Å²) in [7, 11) is 0. The summed E-state index contributed by atoms with van der Waals surface area (Å²) >= 11 is 0. The number of nitrogens with zero attached hydrogens (tertiary/aromatic N) is 1. The summed E-state index contributed by atoms with van der Waals surface area (Å²) in [4.78, 5) is 39.0. The van der Waals surface area contributed by atoms with E-state index in [1.165, 1.54) is 4.90 Å². The van der Waals surface area contributed by atoms with Crippen molar-refractivity contribution in [3.63, 3.8) is 0 Å². The zero-order chi connectivity index (χ0) is 22.2. The van der Waals surface area contributed by atoms with Crippen molar-refractivity contribution in [3.05, 3.63) is 23.8 Å². The number of urea groups is 1. The summed E-state index contributed by atoms with van der Waals surface area (Å²) in [5.74, 6) is 1.23. The number of carbonyl (C=O) groups excluding carboxylic acids is 3. The molecule has 32 heavy (non-hydrogen) atoms. The summed E-state index contributed by atoms with van der Waals surface area (Å²) < 4.78 is 11.4. The molecule has 5 rings (SSSR count). The van der Waals surface area contributed by atoms with Crippen molar-refractivity contribution in [1.82, 2.24) is 15.5 Å². The van der Waals surface area contributed by atoms with Crippen molar-refractivity contribution < 1.29 is 23.9 Å². The monoisotopic (exact) mass is 441 g/mol. The van der Waals surface area contributed by atoms with Gasteiger partial charge in [-0.05, 0) is 43.4 Å². The van der Waals surface area contributed by atoms with E-state index in [4.69, 9.17) is 9.47 Å². The lowest BCUT2D eigenvalue weighted by atomic mass is 9.78. The Morgan fingerprint density at radius 3 is 2.44 bits per heavy atom. The van der Waals surface area contributed by atoms with Gasteiger partial charge in [0.2, 0.25) is 5.91 Å². The maximum absolute atomic E-state index is 12.8. The van der Waals surface area contributed by atoms with Crippen molar-refractivity contribution in [1.29, 1.82) is 0 Å². The van der Waals surface area contributed by atoms with Gasteiger partial charge in [0.05, 0.1) is 0 Å². The number of hydrogen-bond acceptors (Lipinski definition) is 5. The van der Waals surface area contributed by atoms with Crippen molar-refractivity contribution in [2.24, 2.45) is 0 Å². The first kappa shape index (κ1) is 21.1. The molecule has 2 heterocycles. The predicted molar refractivity (Wildman–Crippen MR) is 117 cm³/mol. The van der Waals surface area contributed by atoms with E-state index in [1.54, 1.807) is 0 Å². The second kappa shape index (κ2) is 8.30. The van der Waals surface area contributed by atoms with E-state index in [0.717, 1.165) is 55.6 Å². The number of rotatable bonds is 6. The van der Waals surface area contributed by atoms with Crippen molar-refractivity contribution in [2.75, 3.05) is 26.3 Å². The van der Waals surface area contributed by atoms with Gasteiger partial charge in [0.15, 0.2) is 11.5 Å². The van der Waals surface area contributed by atoms with Crippen molar-refractivity contribution >= 4 is 17.8 Å². The fourth-order valence-electron chi connectivity index (χ4n) is 5.76. The van der Waals surface area contributed by atoms with E-state index in [0.29, 0.717) is 32.6 Å². The van der Waals surface area contributed by atoms with Gasteiger partial charge < -0.3 is 20.1 Å². The first-order chi connectivity index (χ1) is 15.5. The molecule has 0 unspecified atom stereocenters. The highest BCUT2D eigenvalue weighted by Crippen LogP contribution is 2.44. The highest BCUT2D eigenvalue weighted by molar-refractivity contribution is 6.07. The molecule has 0 radical (unpaired) electrons. The number of nitrogens with one attached hydrogen (secondary N) is 2. The second-order valence-electron chi connectivity index (χ2n) is 9.55. The van der Waals surface area contributed by atoms with Crippen LogP contribution in [-0.2, 0) is 15.0 Å². The molecule has 172 valence electrons. The third kappa shape index (κ3) is 3.69. The Morgan fingerprint density at radius 2 is 1.69 bits per heavy atom. The van der Waals surface area contributed by atoms with Gasteiger partial charge in [-0.25, -0.2) is 4.79 Å². The van der Waals surface area contributed by atoms with E-state index >= 15 is 0 Å². The Balaban J connectivity index is 1.20. The molecule has 1 aromatic carbocycles. The highest BCUT2D eigenvalue weighted by atomic mass is 16.6. The zero-order valence-corrected chi connectivity index (χ0v) is 18.4. The lowest BCUT2D eigenvalue weighted by molar-refractivity contribution is -0.131. The van der Waals surface area contributed by atoms with Gasteiger partial charge in [0.1, 0.15) is 18.8 Å². The lowest BCUT2D eigenvalue weighted by Gasteiger charge is -2.31. The van der Waals surface area contributed by atoms with Crippen molar-refractivity contribution in [2.45, 2.75) is 68.7 Å². The minimum Gasteiger partial charge on any atom is -0.486 e. The molecule has 3 fully saturated rings. The number of carbonyl (C=O) groups is 3. The molecule has 2 aliphatic heterocycles. The van der Waals surface area contributed by atoms with Gasteiger partial charge in [0.25, 0.3) is 5.91 Å². The standard InChI is InChI=1S/C24H31N3O5/c28-20(7-12-27-21(29)24(26-22(27)30)10-3-4-11-24)25-16-23(8-1-2-9-23)17-5-6-18-19(15-17)32-14-13-31-18/h5-6,15H,1-4,7-14,16H2,(H,25,28)(H,26,30). The van der Waals surface area contributed by atoms with E-state index in [9.17, 15) is 14.4 Å². The van der Waals surface area contributed by atoms with E-state index < -0.39 is 5.54 Å². The minimum atomic E-state index is -0.723. The van der Waals surface area contributed by atoms with Crippen LogP contribution in [0, 0.1) is 0 Å². The predicted octanol–water partition coefficient (Wildman–Crippen LogP) is 2.64. The molecule has 2 N–H and O–H groups in total. The van der Waals surface area contributed by atoms with Crippen LogP contribution < -0.4 is 20.1 Å². The van der Waals surface area contributed by atoms with Gasteiger partial charge >= 0.3 is 6.03 Å². The molecule has 0 atom stereocenters. The summed E-state index contributed by atoms with van der Waals surface area (Å²) in [6, 6.07) is 5.73. The second-order valence-corrected chi connectivity index (χ2v) is 9.55. The van der Waals surface area contributed by atoms with E-state index in [2.05, 4.69) is 22.8 Å². The van der Waals surface area contributed by atoms with Crippen molar-refractivity contribution in [3.8, 4) is 11.5 Å². The van der Waals surface area contributed by atoms with Crippen LogP contribution in [0.5, 0.6) is 11.5 Å². The van der Waals surface area contributed by atoms with Gasteiger partial charge in [-0.2, -0.15) is 0 Å². The molecule has 4 aliphatic rings. The van der Waals surface area contributed by atoms with E-state index in [1.807, 2.05) is 6.07 Å². The Labute approximate surface area is 188 Å². The number of fused-ring (bicyclic) bond motifs is 1. The van der Waals surface area contributed by atoms with Crippen LogP contribution in [0.25, 0.3) is 0 Å². The molecule has 8 nitrogen and oxygen atoms in total. The Kier molecular flexibility index (Phi) is 5.47. The third-order valence-electron chi connectivity index (χ3n) is 7.60. The number of hydrogen-bond donors (Lipinski definition) is 2. The van der Waals surface area contributed by atoms with E-state index in [-0.39, 0.29) is 36.2 Å². The first-order valence-electron chi connectivity index (χ1n) is 11.8. The number of imide groups is 1. The summed E-state index contributed by atoms with van der Waals surface area (Å²) in [6.45, 7) is 1.77. The average molecular weight is 442 g/mol. The quantitative estimate of drug-likeness (QED) is 0.662. The Hall–Kier alpha value is -2.77. The van der Waals surface area contributed by atoms with Crippen LogP contribution in [0.4, 0.5) is 4.79 Å². The van der Waals surface area contributed by atoms with Gasteiger partial charge in [-0.1, -0.05) is 31.7 Å². The Morgan fingerprint density at radius 1 is 1.00 bits per heavy atom. The SMILES string of the molecule is O=C(CCN1C(=O)NC2(CCCC2)C1=O)NCC1(c2ccc3c(c2)OCCO3)CCCC1. The summed E-state index contributed by atoms with van der Waals surface area (Å²) in [5, 5.41) is 5.94. The minimum absolute atomic E-state index is 0.118. The van der Waals surface area contributed by atoms with Gasteiger partial charge in [0, 0.05) is 24.9 Å². The molecule has 1 aromatic rings. The maximum Gasteiger partial charge on any atom is 0.325 e. The van der Waals surface area contributed by atoms with Crippen LogP contribution in [0.2, 0.25) is 0 Å². The van der Waals surface area contributed by atoms with Gasteiger partial charge in [-0.3, -0.25) is 14.5 Å². The number of ether oxygens (including phenoxy) is 2. The molecule has 0 aromatic heterocycles. The molecule has 2 saturated carbocycles. The number of benzene rings is 1. The third-order valence-corrected chi connectivity index (χ3v) is 7.60. The van der Waals surface area contributed by atoms with Gasteiger partial charge in [-0.15, -0.1) is 0 Å². The van der Waals surface area contributed by atoms with Crippen LogP contribution in [0.3, 0.4) is 0 Å². The molecular weight excluding hydrogens is 410 g/mol. The highest BCUT2D eigenvalue weighted by Gasteiger charge is 2.52.